The Bertz CT molecular complexity index is 620. The van der Waals surface area contributed by atoms with Crippen molar-refractivity contribution < 1.29 is 14.6 Å². The maximum Gasteiger partial charge on any atom is 0.335 e. The molecule has 0 unspecified atom stereocenters. The minimum absolute atomic E-state index is 0.270. The van der Waals surface area contributed by atoms with Crippen LogP contribution in [0.15, 0.2) is 47.4 Å². The summed E-state index contributed by atoms with van der Waals surface area (Å²) in [4.78, 5) is 12.0. The highest BCUT2D eigenvalue weighted by Gasteiger charge is 2.03. The van der Waals surface area contributed by atoms with Gasteiger partial charge in [0, 0.05) is 10.6 Å². The Morgan fingerprint density at radius 3 is 2.48 bits per heavy atom. The summed E-state index contributed by atoms with van der Waals surface area (Å²) in [7, 11) is 0. The van der Waals surface area contributed by atoms with Gasteiger partial charge in [-0.15, -0.1) is 11.8 Å². The summed E-state index contributed by atoms with van der Waals surface area (Å²) in [6.07, 6.45) is 0. The maximum atomic E-state index is 10.7. The van der Waals surface area contributed by atoms with Crippen molar-refractivity contribution in [2.45, 2.75) is 18.7 Å². The minimum Gasteiger partial charge on any atom is -0.493 e. The molecule has 0 aliphatic rings. The molecule has 0 aliphatic heterocycles. The Morgan fingerprint density at radius 2 is 1.86 bits per heavy atom. The van der Waals surface area contributed by atoms with Crippen molar-refractivity contribution >= 4 is 17.7 Å². The van der Waals surface area contributed by atoms with E-state index in [0.29, 0.717) is 12.4 Å². The first-order chi connectivity index (χ1) is 10.1. The van der Waals surface area contributed by atoms with Gasteiger partial charge >= 0.3 is 5.97 Å². The summed E-state index contributed by atoms with van der Waals surface area (Å²) in [5.74, 6) is 0.623. The smallest absolute Gasteiger partial charge is 0.335 e. The Kier molecular flexibility index (Phi) is 5.28. The Balaban J connectivity index is 1.80. The SMILES string of the molecule is Cc1ccc(SCCOc2ccc(C(=O)O)cc2)c(C)c1. The fraction of sp³-hybridized carbons (Fsp3) is 0.235. The van der Waals surface area contributed by atoms with Crippen molar-refractivity contribution in [3.63, 3.8) is 0 Å². The number of rotatable bonds is 6. The predicted molar refractivity (Wildman–Crippen MR) is 85.5 cm³/mol. The number of aromatic carboxylic acids is 1. The van der Waals surface area contributed by atoms with Crippen LogP contribution in [0.3, 0.4) is 0 Å². The van der Waals surface area contributed by atoms with Crippen LogP contribution in [0.1, 0.15) is 21.5 Å². The van der Waals surface area contributed by atoms with Crippen molar-refractivity contribution in [1.29, 1.82) is 0 Å². The molecular formula is C17H18O3S. The molecule has 0 heterocycles. The molecule has 0 aliphatic carbocycles. The standard InChI is InChI=1S/C17H18O3S/c1-12-3-8-16(13(2)11-12)21-10-9-20-15-6-4-14(5-7-15)17(18)19/h3-8,11H,9-10H2,1-2H3,(H,18,19). The van der Waals surface area contributed by atoms with Crippen molar-refractivity contribution in [1.82, 2.24) is 0 Å². The molecule has 21 heavy (non-hydrogen) atoms. The molecule has 0 aromatic heterocycles. The first kappa shape index (κ1) is 15.4. The van der Waals surface area contributed by atoms with Gasteiger partial charge < -0.3 is 9.84 Å². The summed E-state index contributed by atoms with van der Waals surface area (Å²) < 4.78 is 5.61. The molecule has 1 N–H and O–H groups in total. The second kappa shape index (κ2) is 7.18. The number of hydrogen-bond donors (Lipinski definition) is 1. The van der Waals surface area contributed by atoms with E-state index in [1.165, 1.54) is 16.0 Å². The zero-order valence-electron chi connectivity index (χ0n) is 12.1. The molecule has 0 fully saturated rings. The lowest BCUT2D eigenvalue weighted by atomic mass is 10.2. The fourth-order valence-electron chi connectivity index (χ4n) is 1.97. The van der Waals surface area contributed by atoms with E-state index in [-0.39, 0.29) is 5.56 Å². The van der Waals surface area contributed by atoms with Gasteiger partial charge in [0.25, 0.3) is 0 Å². The van der Waals surface area contributed by atoms with Crippen LogP contribution in [-0.2, 0) is 0 Å². The summed E-state index contributed by atoms with van der Waals surface area (Å²) in [6.45, 7) is 4.79. The molecule has 0 radical (unpaired) electrons. The molecule has 2 aromatic rings. The molecule has 4 heteroatoms. The summed E-state index contributed by atoms with van der Waals surface area (Å²) in [5, 5.41) is 8.82. The third-order valence-corrected chi connectivity index (χ3v) is 4.18. The number of carbonyl (C=O) groups is 1. The highest BCUT2D eigenvalue weighted by atomic mass is 32.2. The van der Waals surface area contributed by atoms with Crippen LogP contribution in [0.2, 0.25) is 0 Å². The first-order valence-corrected chi connectivity index (χ1v) is 7.71. The monoisotopic (exact) mass is 302 g/mol. The number of carboxylic acid groups (broad SMARTS) is 1. The first-order valence-electron chi connectivity index (χ1n) is 6.72. The van der Waals surface area contributed by atoms with E-state index in [9.17, 15) is 4.79 Å². The van der Waals surface area contributed by atoms with Crippen LogP contribution in [0.25, 0.3) is 0 Å². The zero-order chi connectivity index (χ0) is 15.2. The van der Waals surface area contributed by atoms with E-state index in [2.05, 4.69) is 32.0 Å². The maximum absolute atomic E-state index is 10.7. The largest absolute Gasteiger partial charge is 0.493 e. The minimum atomic E-state index is -0.924. The van der Waals surface area contributed by atoms with Gasteiger partial charge in [0.2, 0.25) is 0 Å². The lowest BCUT2D eigenvalue weighted by Gasteiger charge is -2.08. The number of hydrogen-bond acceptors (Lipinski definition) is 3. The molecular weight excluding hydrogens is 284 g/mol. The van der Waals surface area contributed by atoms with Crippen molar-refractivity contribution in [3.8, 4) is 5.75 Å². The van der Waals surface area contributed by atoms with Crippen LogP contribution < -0.4 is 4.74 Å². The number of aryl methyl sites for hydroxylation is 2. The molecule has 2 rings (SSSR count). The number of carboxylic acids is 1. The van der Waals surface area contributed by atoms with Crippen molar-refractivity contribution in [2.24, 2.45) is 0 Å². The molecule has 0 saturated carbocycles. The normalized spacial score (nSPS) is 10.4. The summed E-state index contributed by atoms with van der Waals surface area (Å²) >= 11 is 1.76. The van der Waals surface area contributed by atoms with Gasteiger partial charge in [-0.3, -0.25) is 0 Å². The predicted octanol–water partition coefficient (Wildman–Crippen LogP) is 4.17. The third-order valence-electron chi connectivity index (χ3n) is 3.04. The summed E-state index contributed by atoms with van der Waals surface area (Å²) in [5.41, 5.74) is 2.82. The molecule has 2 aromatic carbocycles. The van der Waals surface area contributed by atoms with Gasteiger partial charge in [-0.1, -0.05) is 17.7 Å². The molecule has 0 bridgehead atoms. The topological polar surface area (TPSA) is 46.5 Å². The van der Waals surface area contributed by atoms with Crippen LogP contribution >= 0.6 is 11.8 Å². The second-order valence-electron chi connectivity index (χ2n) is 4.80. The van der Waals surface area contributed by atoms with E-state index in [1.807, 2.05) is 0 Å². The highest BCUT2D eigenvalue weighted by molar-refractivity contribution is 7.99. The molecule has 0 saturated heterocycles. The average Bonchev–Trinajstić information content (AvgIpc) is 2.46. The van der Waals surface area contributed by atoms with Crippen LogP contribution in [-0.4, -0.2) is 23.4 Å². The van der Waals surface area contributed by atoms with Crippen LogP contribution in [0.5, 0.6) is 5.75 Å². The van der Waals surface area contributed by atoms with Gasteiger partial charge in [0.1, 0.15) is 5.75 Å². The van der Waals surface area contributed by atoms with E-state index in [4.69, 9.17) is 9.84 Å². The molecule has 0 atom stereocenters. The van der Waals surface area contributed by atoms with Crippen LogP contribution in [0, 0.1) is 13.8 Å². The molecule has 110 valence electrons. The lowest BCUT2D eigenvalue weighted by molar-refractivity contribution is 0.0697. The zero-order valence-corrected chi connectivity index (χ0v) is 12.9. The van der Waals surface area contributed by atoms with Crippen molar-refractivity contribution in [3.05, 3.63) is 59.2 Å². The molecule has 0 spiro atoms. The lowest BCUT2D eigenvalue weighted by Crippen LogP contribution is -2.01. The highest BCUT2D eigenvalue weighted by Crippen LogP contribution is 2.23. The number of thioether (sulfide) groups is 1. The molecule has 0 amide bonds. The third kappa shape index (κ3) is 4.53. The average molecular weight is 302 g/mol. The fourth-order valence-corrected chi connectivity index (χ4v) is 2.80. The van der Waals surface area contributed by atoms with Crippen LogP contribution in [0.4, 0.5) is 0 Å². The van der Waals surface area contributed by atoms with Gasteiger partial charge in [-0.25, -0.2) is 4.79 Å². The van der Waals surface area contributed by atoms with E-state index >= 15 is 0 Å². The van der Waals surface area contributed by atoms with Gasteiger partial charge in [-0.2, -0.15) is 0 Å². The number of ether oxygens (including phenoxy) is 1. The number of benzene rings is 2. The van der Waals surface area contributed by atoms with Gasteiger partial charge in [0.15, 0.2) is 0 Å². The Labute approximate surface area is 129 Å². The Morgan fingerprint density at radius 1 is 1.14 bits per heavy atom. The summed E-state index contributed by atoms with van der Waals surface area (Å²) in [6, 6.07) is 12.9. The van der Waals surface area contributed by atoms with Crippen molar-refractivity contribution in [2.75, 3.05) is 12.4 Å². The quantitative estimate of drug-likeness (QED) is 0.642. The van der Waals surface area contributed by atoms with E-state index in [1.54, 1.807) is 36.0 Å². The van der Waals surface area contributed by atoms with E-state index < -0.39 is 5.97 Å². The van der Waals surface area contributed by atoms with E-state index in [0.717, 1.165) is 5.75 Å². The second-order valence-corrected chi connectivity index (χ2v) is 5.93. The van der Waals surface area contributed by atoms with Gasteiger partial charge in [0.05, 0.1) is 12.2 Å². The Hall–Kier alpha value is -1.94. The molecule has 3 nitrogen and oxygen atoms in total. The van der Waals surface area contributed by atoms with Gasteiger partial charge in [-0.05, 0) is 49.7 Å².